The molecule has 1 aliphatic rings. The lowest BCUT2D eigenvalue weighted by molar-refractivity contribution is -0.144. The molecule has 1 saturated carbocycles. The average Bonchev–Trinajstić information content (AvgIpc) is 3.64. The van der Waals surface area contributed by atoms with E-state index in [-0.39, 0.29) is 23.8 Å². The van der Waals surface area contributed by atoms with E-state index >= 15 is 0 Å². The maximum Gasteiger partial charge on any atom is 0.408 e. The smallest absolute Gasteiger partial charge is 0.408 e. The van der Waals surface area contributed by atoms with E-state index in [2.05, 4.69) is 10.6 Å². The van der Waals surface area contributed by atoms with Gasteiger partial charge in [0.2, 0.25) is 11.8 Å². The van der Waals surface area contributed by atoms with E-state index in [0.717, 1.165) is 29.5 Å². The molecule has 7 heteroatoms. The van der Waals surface area contributed by atoms with Crippen LogP contribution in [-0.2, 0) is 20.9 Å². The van der Waals surface area contributed by atoms with Crippen LogP contribution in [0.15, 0.2) is 54.6 Å². The van der Waals surface area contributed by atoms with Crippen molar-refractivity contribution in [2.45, 2.75) is 84.7 Å². The van der Waals surface area contributed by atoms with Crippen molar-refractivity contribution >= 4 is 17.9 Å². The van der Waals surface area contributed by atoms with Gasteiger partial charge in [-0.05, 0) is 63.1 Å². The Labute approximate surface area is 214 Å². The van der Waals surface area contributed by atoms with Crippen LogP contribution in [-0.4, -0.2) is 40.5 Å². The second kappa shape index (κ2) is 11.6. The highest BCUT2D eigenvalue weighted by molar-refractivity contribution is 5.93. The molecule has 0 radical (unpaired) electrons. The molecule has 7 nitrogen and oxygen atoms in total. The number of hydrogen-bond acceptors (Lipinski definition) is 4. The SMILES string of the molecule is Cc1ccccc1C(C(=O)NCc1ccccc1)N(C(=O)C(NC(=O)OC(C)(C)C)C(C)C)C1CC1. The molecule has 0 heterocycles. The fourth-order valence-corrected chi connectivity index (χ4v) is 4.17. The van der Waals surface area contributed by atoms with E-state index in [9.17, 15) is 14.4 Å². The van der Waals surface area contributed by atoms with Crippen molar-refractivity contribution in [3.8, 4) is 0 Å². The number of rotatable bonds is 9. The molecule has 2 N–H and O–H groups in total. The highest BCUT2D eigenvalue weighted by Crippen LogP contribution is 2.37. The van der Waals surface area contributed by atoms with E-state index in [0.29, 0.717) is 6.54 Å². The zero-order valence-electron chi connectivity index (χ0n) is 22.2. The summed E-state index contributed by atoms with van der Waals surface area (Å²) in [6, 6.07) is 15.6. The summed E-state index contributed by atoms with van der Waals surface area (Å²) < 4.78 is 5.42. The normalized spacial score (nSPS) is 15.1. The first-order chi connectivity index (χ1) is 17.0. The van der Waals surface area contributed by atoms with Gasteiger partial charge in [0.1, 0.15) is 17.7 Å². The van der Waals surface area contributed by atoms with Gasteiger partial charge < -0.3 is 20.3 Å². The van der Waals surface area contributed by atoms with Crippen LogP contribution in [0.1, 0.15) is 70.2 Å². The molecule has 1 fully saturated rings. The van der Waals surface area contributed by atoms with Gasteiger partial charge in [0.05, 0.1) is 0 Å². The Hall–Kier alpha value is -3.35. The molecule has 2 aromatic carbocycles. The third-order valence-electron chi connectivity index (χ3n) is 6.12. The largest absolute Gasteiger partial charge is 0.444 e. The molecule has 0 spiro atoms. The molecular formula is C29H39N3O4. The van der Waals surface area contributed by atoms with Crippen LogP contribution in [0.3, 0.4) is 0 Å². The van der Waals surface area contributed by atoms with Crippen LogP contribution in [0.2, 0.25) is 0 Å². The number of benzene rings is 2. The molecule has 194 valence electrons. The molecule has 36 heavy (non-hydrogen) atoms. The first kappa shape index (κ1) is 27.2. The summed E-state index contributed by atoms with van der Waals surface area (Å²) in [4.78, 5) is 42.1. The first-order valence-electron chi connectivity index (χ1n) is 12.7. The molecule has 0 bridgehead atoms. The molecule has 3 rings (SSSR count). The zero-order valence-corrected chi connectivity index (χ0v) is 22.2. The molecule has 1 aliphatic carbocycles. The predicted octanol–water partition coefficient (Wildman–Crippen LogP) is 4.89. The van der Waals surface area contributed by atoms with Crippen molar-refractivity contribution < 1.29 is 19.1 Å². The standard InChI is InChI=1S/C29H39N3O4/c1-19(2)24(31-28(35)36-29(4,5)6)27(34)32(22-16-17-22)25(23-15-11-10-12-20(23)3)26(33)30-18-21-13-8-7-9-14-21/h7-15,19,22,24-25H,16-18H2,1-6H3,(H,30,33)(H,31,35). The van der Waals surface area contributed by atoms with Gasteiger partial charge in [0.15, 0.2) is 0 Å². The fourth-order valence-electron chi connectivity index (χ4n) is 4.17. The van der Waals surface area contributed by atoms with Gasteiger partial charge in [-0.15, -0.1) is 0 Å². The number of alkyl carbamates (subject to hydrolysis) is 1. The van der Waals surface area contributed by atoms with Gasteiger partial charge in [-0.1, -0.05) is 68.4 Å². The molecular weight excluding hydrogens is 454 g/mol. The van der Waals surface area contributed by atoms with E-state index in [1.807, 2.05) is 75.4 Å². The molecule has 2 aromatic rings. The Kier molecular flexibility index (Phi) is 8.77. The molecule has 3 amide bonds. The van der Waals surface area contributed by atoms with Gasteiger partial charge in [-0.2, -0.15) is 0 Å². The van der Waals surface area contributed by atoms with Gasteiger partial charge in [-0.25, -0.2) is 4.79 Å². The number of carbonyl (C=O) groups is 3. The van der Waals surface area contributed by atoms with Gasteiger partial charge in [-0.3, -0.25) is 9.59 Å². The average molecular weight is 494 g/mol. The predicted molar refractivity (Wildman–Crippen MR) is 140 cm³/mol. The van der Waals surface area contributed by atoms with Crippen molar-refractivity contribution in [1.29, 1.82) is 0 Å². The summed E-state index contributed by atoms with van der Waals surface area (Å²) in [7, 11) is 0. The van der Waals surface area contributed by atoms with Gasteiger partial charge >= 0.3 is 6.09 Å². The molecule has 2 unspecified atom stereocenters. The second-order valence-electron chi connectivity index (χ2n) is 10.8. The van der Waals surface area contributed by atoms with Gasteiger partial charge in [0, 0.05) is 12.6 Å². The minimum atomic E-state index is -0.825. The van der Waals surface area contributed by atoms with Gasteiger partial charge in [0.25, 0.3) is 0 Å². The Morgan fingerprint density at radius 2 is 1.61 bits per heavy atom. The molecule has 0 aliphatic heterocycles. The summed E-state index contributed by atoms with van der Waals surface area (Å²) >= 11 is 0. The summed E-state index contributed by atoms with van der Waals surface area (Å²) in [5.74, 6) is -0.717. The monoisotopic (exact) mass is 493 g/mol. The number of carbonyl (C=O) groups excluding carboxylic acids is 3. The zero-order chi connectivity index (χ0) is 26.5. The van der Waals surface area contributed by atoms with Crippen LogP contribution >= 0.6 is 0 Å². The van der Waals surface area contributed by atoms with Crippen molar-refractivity contribution in [2.24, 2.45) is 5.92 Å². The highest BCUT2D eigenvalue weighted by Gasteiger charge is 2.45. The number of nitrogens with one attached hydrogen (secondary N) is 2. The van der Waals surface area contributed by atoms with E-state index < -0.39 is 23.8 Å². The minimum absolute atomic E-state index is 0.0636. The van der Waals surface area contributed by atoms with Crippen molar-refractivity contribution in [3.05, 3.63) is 71.3 Å². The van der Waals surface area contributed by atoms with E-state index in [4.69, 9.17) is 4.74 Å². The van der Waals surface area contributed by atoms with Crippen molar-refractivity contribution in [3.63, 3.8) is 0 Å². The van der Waals surface area contributed by atoms with Crippen LogP contribution in [0, 0.1) is 12.8 Å². The Morgan fingerprint density at radius 1 is 1.00 bits per heavy atom. The summed E-state index contributed by atoms with van der Waals surface area (Å²) in [5, 5.41) is 5.81. The summed E-state index contributed by atoms with van der Waals surface area (Å²) in [5.41, 5.74) is 2.00. The van der Waals surface area contributed by atoms with E-state index in [1.165, 1.54) is 0 Å². The van der Waals surface area contributed by atoms with Crippen LogP contribution < -0.4 is 10.6 Å². The third-order valence-corrected chi connectivity index (χ3v) is 6.12. The Morgan fingerprint density at radius 3 is 2.17 bits per heavy atom. The third kappa shape index (κ3) is 7.33. The maximum absolute atomic E-state index is 14.0. The van der Waals surface area contributed by atoms with Crippen molar-refractivity contribution in [1.82, 2.24) is 15.5 Å². The maximum atomic E-state index is 14.0. The highest BCUT2D eigenvalue weighted by atomic mass is 16.6. The topological polar surface area (TPSA) is 87.7 Å². The number of nitrogens with zero attached hydrogens (tertiary/aromatic N) is 1. The number of ether oxygens (including phenoxy) is 1. The quantitative estimate of drug-likeness (QED) is 0.521. The first-order valence-corrected chi connectivity index (χ1v) is 12.7. The molecule has 2 atom stereocenters. The summed E-state index contributed by atoms with van der Waals surface area (Å²) in [6.07, 6.45) is 0.987. The lowest BCUT2D eigenvalue weighted by atomic mass is 9.96. The van der Waals surface area contributed by atoms with Crippen LogP contribution in [0.4, 0.5) is 4.79 Å². The number of aryl methyl sites for hydroxylation is 1. The van der Waals surface area contributed by atoms with E-state index in [1.54, 1.807) is 25.7 Å². The Bertz CT molecular complexity index is 1060. The number of hydrogen-bond donors (Lipinski definition) is 2. The number of amides is 3. The Balaban J connectivity index is 1.93. The minimum Gasteiger partial charge on any atom is -0.444 e. The summed E-state index contributed by atoms with van der Waals surface area (Å²) in [6.45, 7) is 11.4. The molecule has 0 saturated heterocycles. The van der Waals surface area contributed by atoms with Crippen molar-refractivity contribution in [2.75, 3.05) is 0 Å². The lowest BCUT2D eigenvalue weighted by Crippen LogP contribution is -2.55. The molecule has 0 aromatic heterocycles. The van der Waals surface area contributed by atoms with Crippen LogP contribution in [0.5, 0.6) is 0 Å². The lowest BCUT2D eigenvalue weighted by Gasteiger charge is -2.36. The van der Waals surface area contributed by atoms with Crippen LogP contribution in [0.25, 0.3) is 0 Å². The fraction of sp³-hybridized carbons (Fsp3) is 0.483. The second-order valence-corrected chi connectivity index (χ2v) is 10.8.